The molecule has 0 heterocycles. The fourth-order valence-electron chi connectivity index (χ4n) is 2.53. The van der Waals surface area contributed by atoms with Gasteiger partial charge < -0.3 is 10.4 Å². The average molecular weight is 357 g/mol. The average Bonchev–Trinajstić information content (AvgIpc) is 2.46. The zero-order chi connectivity index (χ0) is 15.5. The Morgan fingerprint density at radius 2 is 2.05 bits per heavy atom. The number of benzene rings is 1. The van der Waals surface area contributed by atoms with Crippen molar-refractivity contribution in [2.75, 3.05) is 6.54 Å². The fraction of sp³-hybridized carbons (Fsp3) is 0.500. The van der Waals surface area contributed by atoms with Gasteiger partial charge in [0, 0.05) is 18.2 Å². The SMILES string of the molecule is O=C(NCC1(O)CCCCC1)c1ccc(Br)c([N+](=O)[O-])c1. The van der Waals surface area contributed by atoms with Gasteiger partial charge in [0.15, 0.2) is 0 Å². The van der Waals surface area contributed by atoms with Crippen LogP contribution in [0.2, 0.25) is 0 Å². The molecule has 0 saturated heterocycles. The Morgan fingerprint density at radius 3 is 2.67 bits per heavy atom. The van der Waals surface area contributed by atoms with E-state index in [1.54, 1.807) is 0 Å². The monoisotopic (exact) mass is 356 g/mol. The van der Waals surface area contributed by atoms with Crippen molar-refractivity contribution in [3.8, 4) is 0 Å². The first kappa shape index (κ1) is 15.9. The highest BCUT2D eigenvalue weighted by Crippen LogP contribution is 2.28. The number of halogens is 1. The molecule has 2 N–H and O–H groups in total. The number of rotatable bonds is 4. The van der Waals surface area contributed by atoms with E-state index >= 15 is 0 Å². The minimum atomic E-state index is -0.852. The van der Waals surface area contributed by atoms with Gasteiger partial charge in [0.05, 0.1) is 15.0 Å². The summed E-state index contributed by atoms with van der Waals surface area (Å²) in [5.74, 6) is -0.412. The smallest absolute Gasteiger partial charge is 0.284 e. The topological polar surface area (TPSA) is 92.5 Å². The number of hydrogen-bond acceptors (Lipinski definition) is 4. The molecule has 2 rings (SSSR count). The molecule has 1 aromatic carbocycles. The molecular weight excluding hydrogens is 340 g/mol. The van der Waals surface area contributed by atoms with Gasteiger partial charge in [-0.25, -0.2) is 0 Å². The predicted octanol–water partition coefficient (Wildman–Crippen LogP) is 2.78. The van der Waals surface area contributed by atoms with Crippen LogP contribution in [-0.2, 0) is 0 Å². The van der Waals surface area contributed by atoms with Crippen molar-refractivity contribution in [2.45, 2.75) is 37.7 Å². The lowest BCUT2D eigenvalue weighted by Crippen LogP contribution is -2.44. The second-order valence-electron chi connectivity index (χ2n) is 5.39. The molecule has 1 amide bonds. The molecule has 0 atom stereocenters. The zero-order valence-electron chi connectivity index (χ0n) is 11.5. The van der Waals surface area contributed by atoms with Crippen molar-refractivity contribution in [1.29, 1.82) is 0 Å². The molecule has 0 bridgehead atoms. The number of carbonyl (C=O) groups is 1. The number of hydrogen-bond donors (Lipinski definition) is 2. The van der Waals surface area contributed by atoms with Crippen LogP contribution < -0.4 is 5.32 Å². The van der Waals surface area contributed by atoms with Crippen LogP contribution in [0.25, 0.3) is 0 Å². The normalized spacial score (nSPS) is 17.2. The van der Waals surface area contributed by atoms with Gasteiger partial charge in [-0.2, -0.15) is 0 Å². The Morgan fingerprint density at radius 1 is 1.38 bits per heavy atom. The summed E-state index contributed by atoms with van der Waals surface area (Å²) in [6.45, 7) is 0.176. The Balaban J connectivity index is 2.03. The summed E-state index contributed by atoms with van der Waals surface area (Å²) in [7, 11) is 0. The third-order valence-electron chi connectivity index (χ3n) is 3.77. The maximum Gasteiger partial charge on any atom is 0.284 e. The van der Waals surface area contributed by atoms with Crippen LogP contribution in [0.5, 0.6) is 0 Å². The molecule has 0 aliphatic heterocycles. The van der Waals surface area contributed by atoms with E-state index in [1.807, 2.05) is 0 Å². The van der Waals surface area contributed by atoms with Crippen LogP contribution in [0.4, 0.5) is 5.69 Å². The third kappa shape index (κ3) is 4.01. The van der Waals surface area contributed by atoms with Crippen molar-refractivity contribution >= 4 is 27.5 Å². The summed E-state index contributed by atoms with van der Waals surface area (Å²) in [6.07, 6.45) is 4.36. The molecule has 6 nitrogen and oxygen atoms in total. The number of carbonyl (C=O) groups excluding carboxylic acids is 1. The summed E-state index contributed by atoms with van der Waals surface area (Å²) < 4.78 is 0.329. The Labute approximate surface area is 130 Å². The molecule has 0 spiro atoms. The van der Waals surface area contributed by atoms with Crippen molar-refractivity contribution in [1.82, 2.24) is 5.32 Å². The van der Waals surface area contributed by atoms with Gasteiger partial charge in [0.25, 0.3) is 11.6 Å². The minimum absolute atomic E-state index is 0.154. The van der Waals surface area contributed by atoms with Crippen molar-refractivity contribution in [2.24, 2.45) is 0 Å². The van der Waals surface area contributed by atoms with Gasteiger partial charge in [-0.3, -0.25) is 14.9 Å². The predicted molar refractivity (Wildman–Crippen MR) is 81.2 cm³/mol. The first-order valence-corrected chi connectivity index (χ1v) is 7.65. The Kier molecular flexibility index (Phi) is 4.95. The lowest BCUT2D eigenvalue weighted by Gasteiger charge is -2.32. The maximum absolute atomic E-state index is 12.1. The lowest BCUT2D eigenvalue weighted by atomic mass is 9.85. The number of amides is 1. The van der Waals surface area contributed by atoms with E-state index in [0.29, 0.717) is 17.3 Å². The molecule has 1 aliphatic carbocycles. The summed E-state index contributed by atoms with van der Waals surface area (Å²) in [5, 5.41) is 23.8. The number of nitro groups is 1. The number of nitrogens with one attached hydrogen (secondary N) is 1. The van der Waals surface area contributed by atoms with Crippen molar-refractivity contribution < 1.29 is 14.8 Å². The zero-order valence-corrected chi connectivity index (χ0v) is 13.1. The van der Waals surface area contributed by atoms with E-state index in [9.17, 15) is 20.0 Å². The van der Waals surface area contributed by atoms with E-state index in [1.165, 1.54) is 18.2 Å². The number of aliphatic hydroxyl groups is 1. The van der Waals surface area contributed by atoms with Gasteiger partial charge in [-0.1, -0.05) is 19.3 Å². The standard InChI is InChI=1S/C14H17BrN2O4/c15-11-5-4-10(8-12(11)17(20)21)13(18)16-9-14(19)6-2-1-3-7-14/h4-5,8,19H,1-3,6-7,9H2,(H,16,18). The molecule has 21 heavy (non-hydrogen) atoms. The quantitative estimate of drug-likeness (QED) is 0.640. The van der Waals surface area contributed by atoms with E-state index < -0.39 is 16.4 Å². The first-order valence-electron chi connectivity index (χ1n) is 6.86. The van der Waals surface area contributed by atoms with Gasteiger partial charge >= 0.3 is 0 Å². The first-order chi connectivity index (χ1) is 9.91. The summed E-state index contributed by atoms with van der Waals surface area (Å²) in [6, 6.07) is 4.21. The van der Waals surface area contributed by atoms with E-state index in [0.717, 1.165) is 19.3 Å². The molecule has 0 aromatic heterocycles. The van der Waals surface area contributed by atoms with Gasteiger partial charge in [0.1, 0.15) is 0 Å². The molecule has 0 radical (unpaired) electrons. The van der Waals surface area contributed by atoms with Gasteiger partial charge in [-0.05, 0) is 40.9 Å². The van der Waals surface area contributed by atoms with Crippen LogP contribution in [0.15, 0.2) is 22.7 Å². The van der Waals surface area contributed by atoms with E-state index in [-0.39, 0.29) is 17.8 Å². The molecule has 114 valence electrons. The molecule has 1 aliphatic rings. The second-order valence-corrected chi connectivity index (χ2v) is 6.25. The van der Waals surface area contributed by atoms with E-state index in [2.05, 4.69) is 21.2 Å². The molecule has 7 heteroatoms. The highest BCUT2D eigenvalue weighted by molar-refractivity contribution is 9.10. The van der Waals surface area contributed by atoms with Crippen LogP contribution in [0.1, 0.15) is 42.5 Å². The second kappa shape index (κ2) is 6.53. The largest absolute Gasteiger partial charge is 0.388 e. The summed E-state index contributed by atoms with van der Waals surface area (Å²) >= 11 is 3.08. The van der Waals surface area contributed by atoms with Crippen LogP contribution in [0, 0.1) is 10.1 Å². The molecule has 0 unspecified atom stereocenters. The van der Waals surface area contributed by atoms with Crippen LogP contribution in [0.3, 0.4) is 0 Å². The molecule has 1 aromatic rings. The third-order valence-corrected chi connectivity index (χ3v) is 4.44. The maximum atomic E-state index is 12.1. The van der Waals surface area contributed by atoms with Crippen LogP contribution >= 0.6 is 15.9 Å². The number of nitro benzene ring substituents is 1. The Hall–Kier alpha value is -1.47. The molecule has 1 fully saturated rings. The van der Waals surface area contributed by atoms with E-state index in [4.69, 9.17) is 0 Å². The van der Waals surface area contributed by atoms with Gasteiger partial charge in [-0.15, -0.1) is 0 Å². The fourth-order valence-corrected chi connectivity index (χ4v) is 2.92. The minimum Gasteiger partial charge on any atom is -0.388 e. The van der Waals surface area contributed by atoms with Crippen molar-refractivity contribution in [3.05, 3.63) is 38.3 Å². The van der Waals surface area contributed by atoms with Gasteiger partial charge in [0.2, 0.25) is 0 Å². The summed E-state index contributed by atoms with van der Waals surface area (Å²) in [4.78, 5) is 22.4. The van der Waals surface area contributed by atoms with Crippen LogP contribution in [-0.4, -0.2) is 28.1 Å². The van der Waals surface area contributed by atoms with Crippen molar-refractivity contribution in [3.63, 3.8) is 0 Å². The summed E-state index contributed by atoms with van der Waals surface area (Å²) in [5.41, 5.74) is -0.793. The lowest BCUT2D eigenvalue weighted by molar-refractivity contribution is -0.385. The highest BCUT2D eigenvalue weighted by atomic mass is 79.9. The Bertz CT molecular complexity index is 556. The molecule has 1 saturated carbocycles. The number of nitrogens with zero attached hydrogens (tertiary/aromatic N) is 1. The molecular formula is C14H17BrN2O4. The highest BCUT2D eigenvalue weighted by Gasteiger charge is 2.29.